The van der Waals surface area contributed by atoms with Gasteiger partial charge in [-0.25, -0.2) is 0 Å². The molecule has 0 saturated carbocycles. The molecule has 0 aliphatic carbocycles. The zero-order valence-corrected chi connectivity index (χ0v) is 23.3. The zero-order valence-electron chi connectivity index (χ0n) is 23.3. The van der Waals surface area contributed by atoms with E-state index in [1.165, 1.54) is 57.8 Å². The zero-order chi connectivity index (χ0) is 25.5. The average Bonchev–Trinajstić information content (AvgIpc) is 2.87. The van der Waals surface area contributed by atoms with Crippen LogP contribution in [0.1, 0.15) is 97.3 Å². The molecule has 0 aliphatic heterocycles. The first-order valence-corrected chi connectivity index (χ1v) is 14.5. The molecule has 0 bridgehead atoms. The van der Waals surface area contributed by atoms with Crippen LogP contribution in [0.5, 0.6) is 0 Å². The monoisotopic (exact) mass is 502 g/mol. The van der Waals surface area contributed by atoms with Gasteiger partial charge in [-0.15, -0.1) is 6.58 Å². The van der Waals surface area contributed by atoms with E-state index in [9.17, 15) is 0 Å². The summed E-state index contributed by atoms with van der Waals surface area (Å²) in [5.41, 5.74) is 0. The molecule has 0 aromatic heterocycles. The van der Waals surface area contributed by atoms with Crippen molar-refractivity contribution < 1.29 is 28.4 Å². The normalized spacial score (nSPS) is 12.3. The Morgan fingerprint density at radius 3 is 1.57 bits per heavy atom. The van der Waals surface area contributed by atoms with Gasteiger partial charge in [-0.05, 0) is 32.1 Å². The quantitative estimate of drug-likeness (QED) is 0.0772. The first-order chi connectivity index (χ1) is 17.3. The van der Waals surface area contributed by atoms with Crippen molar-refractivity contribution in [3.63, 3.8) is 0 Å². The standard InChI is InChI=1S/C29H58O6/c1-4-7-9-11-13-14-16-19-33-27-29(35-20-17-15-12-10-8-5-2)28-34-26-25-32-24-23-31-22-21-30-18-6-3/h4,29H,1,5-28H2,2-3H3. The summed E-state index contributed by atoms with van der Waals surface area (Å²) in [6, 6.07) is 0. The van der Waals surface area contributed by atoms with E-state index in [-0.39, 0.29) is 6.10 Å². The molecule has 0 fully saturated rings. The number of hydrogen-bond donors (Lipinski definition) is 0. The van der Waals surface area contributed by atoms with Gasteiger partial charge in [-0.3, -0.25) is 0 Å². The number of rotatable bonds is 31. The topological polar surface area (TPSA) is 55.4 Å². The van der Waals surface area contributed by atoms with Gasteiger partial charge in [0.15, 0.2) is 0 Å². The lowest BCUT2D eigenvalue weighted by molar-refractivity contribution is -0.0700. The van der Waals surface area contributed by atoms with Crippen molar-refractivity contribution in [2.24, 2.45) is 0 Å². The Labute approximate surface area is 217 Å². The Bertz CT molecular complexity index is 393. The van der Waals surface area contributed by atoms with Gasteiger partial charge >= 0.3 is 0 Å². The Kier molecular flexibility index (Phi) is 31.1. The summed E-state index contributed by atoms with van der Waals surface area (Å²) in [6.07, 6.45) is 17.9. The molecule has 210 valence electrons. The minimum Gasteiger partial charge on any atom is -0.379 e. The summed E-state index contributed by atoms with van der Waals surface area (Å²) < 4.78 is 34.2. The highest BCUT2D eigenvalue weighted by molar-refractivity contribution is 4.65. The van der Waals surface area contributed by atoms with Crippen molar-refractivity contribution >= 4 is 0 Å². The molecule has 0 radical (unpaired) electrons. The molecule has 35 heavy (non-hydrogen) atoms. The lowest BCUT2D eigenvalue weighted by atomic mass is 10.1. The third-order valence-corrected chi connectivity index (χ3v) is 5.62. The van der Waals surface area contributed by atoms with E-state index >= 15 is 0 Å². The molecule has 0 amide bonds. The highest BCUT2D eigenvalue weighted by Gasteiger charge is 2.10. The van der Waals surface area contributed by atoms with E-state index in [1.807, 2.05) is 6.08 Å². The molecule has 0 spiro atoms. The average molecular weight is 503 g/mol. The molecule has 1 unspecified atom stereocenters. The second kappa shape index (κ2) is 31.5. The van der Waals surface area contributed by atoms with Crippen molar-refractivity contribution in [1.82, 2.24) is 0 Å². The van der Waals surface area contributed by atoms with E-state index in [4.69, 9.17) is 28.4 Å². The van der Waals surface area contributed by atoms with Crippen LogP contribution in [0.4, 0.5) is 0 Å². The Morgan fingerprint density at radius 2 is 0.971 bits per heavy atom. The van der Waals surface area contributed by atoms with Crippen molar-refractivity contribution in [3.05, 3.63) is 12.7 Å². The maximum Gasteiger partial charge on any atom is 0.104 e. The molecular formula is C29H58O6. The number of allylic oxidation sites excluding steroid dienone is 1. The predicted molar refractivity (Wildman–Crippen MR) is 145 cm³/mol. The van der Waals surface area contributed by atoms with E-state index in [0.29, 0.717) is 52.9 Å². The van der Waals surface area contributed by atoms with Crippen molar-refractivity contribution in [2.45, 2.75) is 103 Å². The number of hydrogen-bond acceptors (Lipinski definition) is 6. The maximum absolute atomic E-state index is 6.09. The van der Waals surface area contributed by atoms with Crippen LogP contribution >= 0.6 is 0 Å². The summed E-state index contributed by atoms with van der Waals surface area (Å²) in [5, 5.41) is 0. The van der Waals surface area contributed by atoms with Crippen molar-refractivity contribution in [2.75, 3.05) is 72.7 Å². The lowest BCUT2D eigenvalue weighted by Crippen LogP contribution is -2.27. The molecule has 0 N–H and O–H groups in total. The van der Waals surface area contributed by atoms with Gasteiger partial charge in [0.05, 0.1) is 52.9 Å². The Hall–Kier alpha value is -0.500. The smallest absolute Gasteiger partial charge is 0.104 e. The molecule has 6 nitrogen and oxygen atoms in total. The van der Waals surface area contributed by atoms with Gasteiger partial charge in [-0.1, -0.05) is 71.3 Å². The van der Waals surface area contributed by atoms with Gasteiger partial charge in [0.2, 0.25) is 0 Å². The Morgan fingerprint density at radius 1 is 0.486 bits per heavy atom. The third kappa shape index (κ3) is 29.6. The van der Waals surface area contributed by atoms with Crippen LogP contribution in [0, 0.1) is 0 Å². The minimum atomic E-state index is -0.00955. The van der Waals surface area contributed by atoms with E-state index in [2.05, 4.69) is 20.4 Å². The van der Waals surface area contributed by atoms with Crippen LogP contribution in [0.15, 0.2) is 12.7 Å². The first kappa shape index (κ1) is 34.5. The second-order valence-corrected chi connectivity index (χ2v) is 9.09. The fourth-order valence-electron chi connectivity index (χ4n) is 3.53. The molecule has 0 heterocycles. The Balaban J connectivity index is 3.81. The highest BCUT2D eigenvalue weighted by Crippen LogP contribution is 2.08. The number of ether oxygens (including phenoxy) is 6. The molecule has 0 saturated heterocycles. The largest absolute Gasteiger partial charge is 0.379 e. The summed E-state index contributed by atoms with van der Waals surface area (Å²) in [7, 11) is 0. The minimum absolute atomic E-state index is 0.00955. The van der Waals surface area contributed by atoms with Crippen molar-refractivity contribution in [1.29, 1.82) is 0 Å². The SMILES string of the molecule is C=CCCCCCCCOCC(COCCOCCOCCOCCC)OCCCCCCCC. The van der Waals surface area contributed by atoms with Gasteiger partial charge < -0.3 is 28.4 Å². The molecule has 0 rings (SSSR count). The molecule has 0 aromatic rings. The van der Waals surface area contributed by atoms with Crippen LogP contribution in [0.25, 0.3) is 0 Å². The summed E-state index contributed by atoms with van der Waals surface area (Å²) in [5.74, 6) is 0. The van der Waals surface area contributed by atoms with Crippen LogP contribution < -0.4 is 0 Å². The van der Waals surface area contributed by atoms with Crippen molar-refractivity contribution in [3.8, 4) is 0 Å². The number of unbranched alkanes of at least 4 members (excludes halogenated alkanes) is 10. The summed E-state index contributed by atoms with van der Waals surface area (Å²) in [4.78, 5) is 0. The van der Waals surface area contributed by atoms with Gasteiger partial charge in [0.1, 0.15) is 6.10 Å². The van der Waals surface area contributed by atoms with Crippen LogP contribution in [0.2, 0.25) is 0 Å². The van der Waals surface area contributed by atoms with E-state index in [1.54, 1.807) is 0 Å². The highest BCUT2D eigenvalue weighted by atomic mass is 16.6. The fraction of sp³-hybridized carbons (Fsp3) is 0.931. The molecule has 0 aromatic carbocycles. The van der Waals surface area contributed by atoms with E-state index in [0.717, 1.165) is 45.5 Å². The molecule has 0 aliphatic rings. The van der Waals surface area contributed by atoms with Crippen LogP contribution in [-0.2, 0) is 28.4 Å². The summed E-state index contributed by atoms with van der Waals surface area (Å²) >= 11 is 0. The predicted octanol–water partition coefficient (Wildman–Crippen LogP) is 6.75. The van der Waals surface area contributed by atoms with E-state index < -0.39 is 0 Å². The van der Waals surface area contributed by atoms with Crippen LogP contribution in [-0.4, -0.2) is 78.8 Å². The lowest BCUT2D eigenvalue weighted by Gasteiger charge is -2.18. The second-order valence-electron chi connectivity index (χ2n) is 9.09. The van der Waals surface area contributed by atoms with Crippen LogP contribution in [0.3, 0.4) is 0 Å². The molecular weight excluding hydrogens is 444 g/mol. The molecule has 6 heteroatoms. The maximum atomic E-state index is 6.09. The molecule has 1 atom stereocenters. The summed E-state index contributed by atoms with van der Waals surface area (Å²) in [6.45, 7) is 15.2. The van der Waals surface area contributed by atoms with Gasteiger partial charge in [0, 0.05) is 19.8 Å². The first-order valence-electron chi connectivity index (χ1n) is 14.5. The van der Waals surface area contributed by atoms with Gasteiger partial charge in [0.25, 0.3) is 0 Å². The fourth-order valence-corrected chi connectivity index (χ4v) is 3.53. The van der Waals surface area contributed by atoms with Gasteiger partial charge in [-0.2, -0.15) is 0 Å². The third-order valence-electron chi connectivity index (χ3n) is 5.62.